The number of rotatable bonds is 4. The van der Waals surface area contributed by atoms with Gasteiger partial charge in [0, 0.05) is 11.8 Å². The van der Waals surface area contributed by atoms with Crippen LogP contribution in [-0.2, 0) is 0 Å². The summed E-state index contributed by atoms with van der Waals surface area (Å²) in [4.78, 5) is 0. The topological polar surface area (TPSA) is 0 Å². The van der Waals surface area contributed by atoms with Gasteiger partial charge in [-0.2, -0.15) is 0 Å². The molecule has 0 spiro atoms. The number of alkyl halides is 4. The Bertz CT molecular complexity index is 188. The fraction of sp³-hybridized carbons (Fsp3) is 0.600. The molecule has 0 amide bonds. The maximum atomic E-state index is 12.8. The zero-order valence-electron chi connectivity index (χ0n) is 7.54. The van der Waals surface area contributed by atoms with Gasteiger partial charge in [-0.1, -0.05) is 24.3 Å². The molecule has 0 saturated heterocycles. The molecule has 0 saturated carbocycles. The molecule has 0 aliphatic heterocycles. The lowest BCUT2D eigenvalue weighted by atomic mass is 9.91. The summed E-state index contributed by atoms with van der Waals surface area (Å²) in [5.74, 6) is -1.30. The number of hydrogen-bond acceptors (Lipinski definition) is 0. The van der Waals surface area contributed by atoms with Crippen LogP contribution in [0.2, 0.25) is 0 Å². The van der Waals surface area contributed by atoms with E-state index in [1.807, 2.05) is 0 Å². The Hall–Kier alpha value is -0.800. The minimum absolute atomic E-state index is 0.650. The fourth-order valence-electron chi connectivity index (χ4n) is 1.33. The third-order valence-corrected chi connectivity index (χ3v) is 2.24. The zero-order chi connectivity index (χ0) is 10.6. The summed E-state index contributed by atoms with van der Waals surface area (Å²) in [6, 6.07) is 0. The van der Waals surface area contributed by atoms with E-state index < -0.39 is 37.5 Å². The van der Waals surface area contributed by atoms with Crippen LogP contribution in [-0.4, -0.2) is 25.7 Å². The van der Waals surface area contributed by atoms with Crippen LogP contribution >= 0.6 is 0 Å². The van der Waals surface area contributed by atoms with Crippen molar-refractivity contribution in [2.24, 2.45) is 11.8 Å². The van der Waals surface area contributed by atoms with E-state index in [9.17, 15) is 17.6 Å². The molecule has 0 fully saturated rings. The largest absolute Gasteiger partial charge is 0.248 e. The van der Waals surface area contributed by atoms with E-state index in [0.717, 1.165) is 0 Å². The van der Waals surface area contributed by atoms with Crippen LogP contribution in [0.1, 0.15) is 0 Å². The molecule has 80 valence electrons. The Labute approximate surface area is 80.3 Å². The van der Waals surface area contributed by atoms with Gasteiger partial charge in [0.15, 0.2) is 0 Å². The van der Waals surface area contributed by atoms with Crippen molar-refractivity contribution < 1.29 is 17.6 Å². The van der Waals surface area contributed by atoms with Crippen LogP contribution in [0.4, 0.5) is 17.6 Å². The summed E-state index contributed by atoms with van der Waals surface area (Å²) in [5.41, 5.74) is 0. The molecule has 0 radical (unpaired) electrons. The summed E-state index contributed by atoms with van der Waals surface area (Å²) >= 11 is 0. The molecule has 14 heavy (non-hydrogen) atoms. The highest BCUT2D eigenvalue weighted by Crippen LogP contribution is 2.23. The highest BCUT2D eigenvalue weighted by atomic mass is 19.2. The second kappa shape index (κ2) is 5.17. The molecule has 0 N–H and O–H groups in total. The maximum Gasteiger partial charge on any atom is 0.138 e. The molecule has 0 nitrogen and oxygen atoms in total. The molecule has 0 heterocycles. The van der Waals surface area contributed by atoms with Gasteiger partial charge < -0.3 is 0 Å². The highest BCUT2D eigenvalue weighted by Gasteiger charge is 2.22. The van der Waals surface area contributed by atoms with Gasteiger partial charge >= 0.3 is 0 Å². The third-order valence-electron chi connectivity index (χ3n) is 2.24. The number of halogens is 4. The molecule has 0 aromatic heterocycles. The Morgan fingerprint density at radius 1 is 0.786 bits per heavy atom. The Kier molecular flexibility index (Phi) is 4.17. The first-order chi connectivity index (χ1) is 6.69. The average molecular weight is 208 g/mol. The SMILES string of the molecule is FCC(F)C1C=CC(C(F)CF)C=C1. The van der Waals surface area contributed by atoms with Gasteiger partial charge in [-0.25, -0.2) is 17.6 Å². The van der Waals surface area contributed by atoms with Gasteiger partial charge in [-0.05, 0) is 0 Å². The lowest BCUT2D eigenvalue weighted by Gasteiger charge is -2.19. The number of allylic oxidation sites excluding steroid dienone is 4. The normalized spacial score (nSPS) is 30.3. The van der Waals surface area contributed by atoms with Gasteiger partial charge in [-0.15, -0.1) is 0 Å². The van der Waals surface area contributed by atoms with Crippen molar-refractivity contribution in [1.29, 1.82) is 0 Å². The molecule has 2 unspecified atom stereocenters. The van der Waals surface area contributed by atoms with Crippen molar-refractivity contribution in [3.63, 3.8) is 0 Å². The first kappa shape index (κ1) is 11.3. The van der Waals surface area contributed by atoms with Gasteiger partial charge in [0.25, 0.3) is 0 Å². The Balaban J connectivity index is 2.52. The highest BCUT2D eigenvalue weighted by molar-refractivity contribution is 5.16. The lowest BCUT2D eigenvalue weighted by molar-refractivity contribution is 0.216. The standard InChI is InChI=1S/C10H12F4/c11-5-9(13)7-1-2-8(4-3-7)10(14)6-12/h1-4,7-10H,5-6H2. The summed E-state index contributed by atoms with van der Waals surface area (Å²) in [6.45, 7) is -2.13. The molecule has 2 atom stereocenters. The average Bonchev–Trinajstić information content (AvgIpc) is 2.27. The minimum Gasteiger partial charge on any atom is -0.248 e. The van der Waals surface area contributed by atoms with Crippen LogP contribution in [0.15, 0.2) is 24.3 Å². The Morgan fingerprint density at radius 2 is 1.07 bits per heavy atom. The van der Waals surface area contributed by atoms with E-state index in [1.54, 1.807) is 0 Å². The molecule has 0 aromatic rings. The number of hydrogen-bond donors (Lipinski definition) is 0. The maximum absolute atomic E-state index is 12.8. The van der Waals surface area contributed by atoms with Crippen molar-refractivity contribution >= 4 is 0 Å². The molecule has 0 aromatic carbocycles. The van der Waals surface area contributed by atoms with E-state index in [0.29, 0.717) is 0 Å². The Morgan fingerprint density at radius 3 is 1.29 bits per heavy atom. The van der Waals surface area contributed by atoms with Crippen molar-refractivity contribution in [1.82, 2.24) is 0 Å². The second-order valence-electron chi connectivity index (χ2n) is 3.27. The molecule has 1 rings (SSSR count). The van der Waals surface area contributed by atoms with Gasteiger partial charge in [-0.3, -0.25) is 0 Å². The predicted molar refractivity (Wildman–Crippen MR) is 47.0 cm³/mol. The summed E-state index contributed by atoms with van der Waals surface area (Å²) in [7, 11) is 0. The van der Waals surface area contributed by atoms with Gasteiger partial charge in [0.2, 0.25) is 0 Å². The van der Waals surface area contributed by atoms with E-state index >= 15 is 0 Å². The van der Waals surface area contributed by atoms with Crippen LogP contribution in [0.5, 0.6) is 0 Å². The van der Waals surface area contributed by atoms with Crippen molar-refractivity contribution in [2.75, 3.05) is 13.3 Å². The van der Waals surface area contributed by atoms with Crippen LogP contribution in [0.3, 0.4) is 0 Å². The summed E-state index contributed by atoms with van der Waals surface area (Å²) in [6.07, 6.45) is 2.36. The minimum atomic E-state index is -1.59. The molecule has 1 aliphatic rings. The molecule has 4 heteroatoms. The smallest absolute Gasteiger partial charge is 0.138 e. The first-order valence-electron chi connectivity index (χ1n) is 4.45. The van der Waals surface area contributed by atoms with Crippen LogP contribution < -0.4 is 0 Å². The summed E-state index contributed by atoms with van der Waals surface area (Å²) in [5, 5.41) is 0. The van der Waals surface area contributed by atoms with E-state index in [-0.39, 0.29) is 0 Å². The predicted octanol–water partition coefficient (Wildman–Crippen LogP) is 2.96. The van der Waals surface area contributed by atoms with Crippen molar-refractivity contribution in [3.8, 4) is 0 Å². The van der Waals surface area contributed by atoms with Gasteiger partial charge in [0.1, 0.15) is 25.7 Å². The van der Waals surface area contributed by atoms with Crippen LogP contribution in [0.25, 0.3) is 0 Å². The van der Waals surface area contributed by atoms with Crippen LogP contribution in [0, 0.1) is 11.8 Å². The third kappa shape index (κ3) is 2.59. The fourth-order valence-corrected chi connectivity index (χ4v) is 1.33. The molecule has 1 aliphatic carbocycles. The van der Waals surface area contributed by atoms with Gasteiger partial charge in [0.05, 0.1) is 0 Å². The van der Waals surface area contributed by atoms with Crippen molar-refractivity contribution in [2.45, 2.75) is 12.3 Å². The van der Waals surface area contributed by atoms with Crippen molar-refractivity contribution in [3.05, 3.63) is 24.3 Å². The van der Waals surface area contributed by atoms with E-state index in [1.165, 1.54) is 24.3 Å². The van der Waals surface area contributed by atoms with E-state index in [4.69, 9.17) is 0 Å². The second-order valence-corrected chi connectivity index (χ2v) is 3.27. The van der Waals surface area contributed by atoms with E-state index in [2.05, 4.69) is 0 Å². The molecular weight excluding hydrogens is 196 g/mol. The monoisotopic (exact) mass is 208 g/mol. The quantitative estimate of drug-likeness (QED) is 0.492. The molecular formula is C10H12F4. The summed E-state index contributed by atoms with van der Waals surface area (Å²) < 4.78 is 49.4. The molecule has 0 bridgehead atoms. The lowest BCUT2D eigenvalue weighted by Crippen LogP contribution is -2.20. The zero-order valence-corrected chi connectivity index (χ0v) is 7.54. The first-order valence-corrected chi connectivity index (χ1v) is 4.45.